The van der Waals surface area contributed by atoms with E-state index in [1.54, 1.807) is 5.56 Å². The zero-order chi connectivity index (χ0) is 16.0. The van der Waals surface area contributed by atoms with Crippen molar-refractivity contribution in [1.82, 2.24) is 0 Å². The lowest BCUT2D eigenvalue weighted by molar-refractivity contribution is -0.0403. The molecule has 120 valence electrons. The lowest BCUT2D eigenvalue weighted by atomic mass is 9.43. The molecule has 6 rings (SSSR count). The molecule has 2 atom stereocenters. The van der Waals surface area contributed by atoms with Crippen LogP contribution in [0.2, 0.25) is 0 Å². The number of hydrogen-bond donors (Lipinski definition) is 0. The highest BCUT2D eigenvalue weighted by molar-refractivity contribution is 5.39. The Morgan fingerprint density at radius 1 is 0.750 bits per heavy atom. The van der Waals surface area contributed by atoms with Crippen molar-refractivity contribution in [2.24, 2.45) is 17.3 Å². The van der Waals surface area contributed by atoms with Gasteiger partial charge in [-0.05, 0) is 73.5 Å². The van der Waals surface area contributed by atoms with Gasteiger partial charge in [-0.1, -0.05) is 60.4 Å². The summed E-state index contributed by atoms with van der Waals surface area (Å²) < 4.78 is 0. The first-order valence-electron chi connectivity index (χ1n) is 9.39. The van der Waals surface area contributed by atoms with Crippen LogP contribution in [0.5, 0.6) is 0 Å². The Kier molecular flexibility index (Phi) is 3.14. The second-order valence-corrected chi connectivity index (χ2v) is 8.50. The van der Waals surface area contributed by atoms with Crippen molar-refractivity contribution in [1.29, 1.82) is 0 Å². The van der Waals surface area contributed by atoms with Gasteiger partial charge in [0.25, 0.3) is 0 Å². The molecule has 4 bridgehead atoms. The molecule has 4 aliphatic rings. The molecule has 0 amide bonds. The minimum absolute atomic E-state index is 0.260. The van der Waals surface area contributed by atoms with Crippen LogP contribution in [-0.4, -0.2) is 0 Å². The summed E-state index contributed by atoms with van der Waals surface area (Å²) in [5.41, 5.74) is 3.40. The Labute approximate surface area is 145 Å². The third-order valence-corrected chi connectivity index (χ3v) is 6.69. The molecule has 4 fully saturated rings. The van der Waals surface area contributed by atoms with Gasteiger partial charge >= 0.3 is 0 Å². The Morgan fingerprint density at radius 2 is 1.38 bits per heavy atom. The monoisotopic (exact) mass is 312 g/mol. The first kappa shape index (κ1) is 14.4. The summed E-state index contributed by atoms with van der Waals surface area (Å²) in [5, 5.41) is 0. The van der Waals surface area contributed by atoms with Crippen LogP contribution in [-0.2, 0) is 5.41 Å². The second kappa shape index (κ2) is 5.25. The largest absolute Gasteiger partial charge is 0.0910 e. The molecule has 4 saturated carbocycles. The molecule has 0 N–H and O–H groups in total. The first-order valence-corrected chi connectivity index (χ1v) is 9.39. The van der Waals surface area contributed by atoms with Crippen LogP contribution in [0.15, 0.2) is 60.7 Å². The summed E-state index contributed by atoms with van der Waals surface area (Å²) in [4.78, 5) is 0. The summed E-state index contributed by atoms with van der Waals surface area (Å²) in [7, 11) is 0. The molecular weight excluding hydrogens is 288 g/mol. The van der Waals surface area contributed by atoms with Crippen LogP contribution in [0.1, 0.15) is 49.7 Å². The quantitative estimate of drug-likeness (QED) is 0.603. The van der Waals surface area contributed by atoms with Crippen molar-refractivity contribution in [2.75, 3.05) is 0 Å². The van der Waals surface area contributed by atoms with E-state index in [9.17, 15) is 0 Å². The summed E-state index contributed by atoms with van der Waals surface area (Å²) in [5.74, 6) is 9.08. The van der Waals surface area contributed by atoms with Crippen LogP contribution in [0.4, 0.5) is 0 Å². The Balaban J connectivity index is 1.53. The average molecular weight is 312 g/mol. The zero-order valence-corrected chi connectivity index (χ0v) is 14.2. The number of hydrogen-bond acceptors (Lipinski definition) is 0. The predicted molar refractivity (Wildman–Crippen MR) is 98.6 cm³/mol. The first-order chi connectivity index (χ1) is 11.8. The fraction of sp³-hybridized carbons (Fsp3) is 0.417. The molecule has 4 aliphatic carbocycles. The van der Waals surface area contributed by atoms with E-state index in [4.69, 9.17) is 0 Å². The van der Waals surface area contributed by atoms with Gasteiger partial charge in [-0.3, -0.25) is 0 Å². The normalized spacial score (nSPS) is 36.2. The molecule has 2 aromatic carbocycles. The predicted octanol–water partition coefficient (Wildman–Crippen LogP) is 5.58. The smallest absolute Gasteiger partial charge is 0.0332 e. The van der Waals surface area contributed by atoms with Crippen molar-refractivity contribution in [3.05, 3.63) is 71.8 Å². The zero-order valence-electron chi connectivity index (χ0n) is 14.2. The topological polar surface area (TPSA) is 0 Å². The molecule has 0 saturated heterocycles. The van der Waals surface area contributed by atoms with Crippen LogP contribution >= 0.6 is 0 Å². The third kappa shape index (κ3) is 2.30. The molecule has 24 heavy (non-hydrogen) atoms. The van der Waals surface area contributed by atoms with Gasteiger partial charge in [0, 0.05) is 11.0 Å². The Hall–Kier alpha value is -2.00. The van der Waals surface area contributed by atoms with Crippen LogP contribution in [0, 0.1) is 29.1 Å². The Bertz CT molecular complexity index is 776. The fourth-order valence-corrected chi connectivity index (χ4v) is 6.26. The summed E-state index contributed by atoms with van der Waals surface area (Å²) in [6.45, 7) is 0. The lowest BCUT2D eigenvalue weighted by Gasteiger charge is -2.61. The van der Waals surface area contributed by atoms with E-state index in [0.29, 0.717) is 5.41 Å². The highest BCUT2D eigenvalue weighted by atomic mass is 14.6. The maximum absolute atomic E-state index is 3.79. The van der Waals surface area contributed by atoms with E-state index in [2.05, 4.69) is 72.5 Å². The molecule has 0 spiro atoms. The van der Waals surface area contributed by atoms with Gasteiger partial charge < -0.3 is 0 Å². The average Bonchev–Trinajstić information content (AvgIpc) is 2.61. The highest BCUT2D eigenvalue weighted by Crippen LogP contribution is 2.65. The van der Waals surface area contributed by atoms with Crippen molar-refractivity contribution in [2.45, 2.75) is 43.9 Å². The van der Waals surface area contributed by atoms with Gasteiger partial charge in [0.1, 0.15) is 0 Å². The minimum Gasteiger partial charge on any atom is -0.0910 e. The lowest BCUT2D eigenvalue weighted by Crippen LogP contribution is -2.53. The standard InChI is InChI=1S/C24H24/c1-3-7-19(8-4-1)11-12-23-14-20-13-21(15-23)17-24(16-20,18-23)22-9-5-2-6-10-22/h1-10,20-21H,13-18H2. The van der Waals surface area contributed by atoms with Crippen LogP contribution in [0.3, 0.4) is 0 Å². The van der Waals surface area contributed by atoms with Gasteiger partial charge in [-0.25, -0.2) is 0 Å². The summed E-state index contributed by atoms with van der Waals surface area (Å²) in [6, 6.07) is 21.9. The summed E-state index contributed by atoms with van der Waals surface area (Å²) in [6.07, 6.45) is 8.17. The van der Waals surface area contributed by atoms with E-state index in [-0.39, 0.29) is 5.41 Å². The maximum atomic E-state index is 3.79. The Morgan fingerprint density at radius 3 is 2.04 bits per heavy atom. The van der Waals surface area contributed by atoms with Gasteiger partial charge in [-0.15, -0.1) is 0 Å². The van der Waals surface area contributed by atoms with E-state index in [1.807, 2.05) is 0 Å². The van der Waals surface area contributed by atoms with Gasteiger partial charge in [0.2, 0.25) is 0 Å². The van der Waals surface area contributed by atoms with E-state index < -0.39 is 0 Å². The van der Waals surface area contributed by atoms with Crippen molar-refractivity contribution in [3.63, 3.8) is 0 Å². The SMILES string of the molecule is C(#CC12CC3CC(C1)CC(c1ccccc1)(C3)C2)c1ccccc1. The van der Waals surface area contributed by atoms with Crippen LogP contribution < -0.4 is 0 Å². The number of benzene rings is 2. The van der Waals surface area contributed by atoms with E-state index in [1.165, 1.54) is 44.1 Å². The molecule has 2 unspecified atom stereocenters. The van der Waals surface area contributed by atoms with E-state index >= 15 is 0 Å². The highest BCUT2D eigenvalue weighted by Gasteiger charge is 2.57. The molecule has 0 radical (unpaired) electrons. The van der Waals surface area contributed by atoms with E-state index in [0.717, 1.165) is 11.8 Å². The molecule has 0 nitrogen and oxygen atoms in total. The van der Waals surface area contributed by atoms with Gasteiger partial charge in [-0.2, -0.15) is 0 Å². The second-order valence-electron chi connectivity index (χ2n) is 8.50. The maximum Gasteiger partial charge on any atom is 0.0332 e. The molecule has 0 aliphatic heterocycles. The van der Waals surface area contributed by atoms with Crippen LogP contribution in [0.25, 0.3) is 0 Å². The van der Waals surface area contributed by atoms with Crippen molar-refractivity contribution < 1.29 is 0 Å². The molecular formula is C24H24. The van der Waals surface area contributed by atoms with Gasteiger partial charge in [0.05, 0.1) is 0 Å². The third-order valence-electron chi connectivity index (χ3n) is 6.69. The number of rotatable bonds is 1. The fourth-order valence-electron chi connectivity index (χ4n) is 6.26. The minimum atomic E-state index is 0.260. The summed E-state index contributed by atoms with van der Waals surface area (Å²) >= 11 is 0. The van der Waals surface area contributed by atoms with Gasteiger partial charge in [0.15, 0.2) is 0 Å². The van der Waals surface area contributed by atoms with Crippen molar-refractivity contribution >= 4 is 0 Å². The molecule has 0 heterocycles. The molecule has 0 heteroatoms. The molecule has 0 aromatic heterocycles. The van der Waals surface area contributed by atoms with Crippen molar-refractivity contribution in [3.8, 4) is 11.8 Å². The molecule has 2 aromatic rings.